The molecule has 0 radical (unpaired) electrons. The van der Waals surface area contributed by atoms with Crippen LogP contribution < -0.4 is 4.74 Å². The van der Waals surface area contributed by atoms with Gasteiger partial charge >= 0.3 is 0 Å². The van der Waals surface area contributed by atoms with Crippen LogP contribution in [-0.4, -0.2) is 17.3 Å². The predicted molar refractivity (Wildman–Crippen MR) is 67.8 cm³/mol. The Bertz CT molecular complexity index is 365. The molecule has 0 bridgehead atoms. The van der Waals surface area contributed by atoms with E-state index < -0.39 is 0 Å². The summed E-state index contributed by atoms with van der Waals surface area (Å²) in [6, 6.07) is 5.93. The quantitative estimate of drug-likeness (QED) is 0.902. The molecule has 88 valence electrons. The molecule has 3 heteroatoms. The highest BCUT2D eigenvalue weighted by Gasteiger charge is 2.24. The van der Waals surface area contributed by atoms with Crippen molar-refractivity contribution < 1.29 is 9.84 Å². The van der Waals surface area contributed by atoms with Crippen molar-refractivity contribution in [3.8, 4) is 5.75 Å². The van der Waals surface area contributed by atoms with Crippen molar-refractivity contribution in [3.63, 3.8) is 0 Å². The molecule has 2 nitrogen and oxygen atoms in total. The van der Waals surface area contributed by atoms with Crippen molar-refractivity contribution in [2.45, 2.75) is 44.8 Å². The normalized spacial score (nSPS) is 25.4. The maximum Gasteiger partial charge on any atom is 0.124 e. The zero-order valence-corrected chi connectivity index (χ0v) is 11.0. The van der Waals surface area contributed by atoms with Crippen LogP contribution >= 0.6 is 15.9 Å². The van der Waals surface area contributed by atoms with Crippen LogP contribution in [-0.2, 0) is 0 Å². The second-order valence-corrected chi connectivity index (χ2v) is 5.27. The molecule has 0 amide bonds. The van der Waals surface area contributed by atoms with Crippen molar-refractivity contribution in [2.24, 2.45) is 0 Å². The number of benzene rings is 1. The average Bonchev–Trinajstić information content (AvgIpc) is 2.27. The number of aliphatic hydroxyl groups excluding tert-OH is 1. The molecule has 1 N–H and O–H groups in total. The van der Waals surface area contributed by atoms with Gasteiger partial charge in [-0.1, -0.05) is 22.4 Å². The van der Waals surface area contributed by atoms with Crippen LogP contribution in [0.1, 0.15) is 31.2 Å². The number of halogens is 1. The van der Waals surface area contributed by atoms with Crippen molar-refractivity contribution in [3.05, 3.63) is 28.2 Å². The fourth-order valence-corrected chi connectivity index (χ4v) is 2.33. The molecular weight excluding hydrogens is 268 g/mol. The molecule has 2 atom stereocenters. The highest BCUT2D eigenvalue weighted by atomic mass is 79.9. The number of rotatable bonds is 2. The monoisotopic (exact) mass is 284 g/mol. The third-order valence-electron chi connectivity index (χ3n) is 3.08. The number of hydrogen-bond donors (Lipinski definition) is 1. The minimum absolute atomic E-state index is 0.0330. The molecule has 1 fully saturated rings. The highest BCUT2D eigenvalue weighted by molar-refractivity contribution is 9.10. The second kappa shape index (κ2) is 5.19. The van der Waals surface area contributed by atoms with Gasteiger partial charge in [0.25, 0.3) is 0 Å². The third kappa shape index (κ3) is 2.77. The Labute approximate surface area is 105 Å². The molecule has 0 saturated heterocycles. The van der Waals surface area contributed by atoms with E-state index in [9.17, 15) is 5.11 Å². The summed E-state index contributed by atoms with van der Waals surface area (Å²) in [4.78, 5) is 0. The minimum atomic E-state index is -0.308. The number of aryl methyl sites for hydroxylation is 1. The van der Waals surface area contributed by atoms with Crippen LogP contribution in [0.4, 0.5) is 0 Å². The van der Waals surface area contributed by atoms with E-state index in [-0.39, 0.29) is 12.2 Å². The molecule has 16 heavy (non-hydrogen) atoms. The molecule has 1 aliphatic rings. The second-order valence-electron chi connectivity index (χ2n) is 4.42. The van der Waals surface area contributed by atoms with Gasteiger partial charge in [0, 0.05) is 4.47 Å². The van der Waals surface area contributed by atoms with Crippen LogP contribution in [0.2, 0.25) is 0 Å². The van der Waals surface area contributed by atoms with Gasteiger partial charge < -0.3 is 9.84 Å². The molecule has 2 unspecified atom stereocenters. The number of ether oxygens (including phenoxy) is 1. The van der Waals surface area contributed by atoms with Gasteiger partial charge in [0.15, 0.2) is 0 Å². The lowest BCUT2D eigenvalue weighted by Crippen LogP contribution is -2.34. The van der Waals surface area contributed by atoms with E-state index in [0.29, 0.717) is 0 Å². The van der Waals surface area contributed by atoms with Gasteiger partial charge in [-0.3, -0.25) is 0 Å². The van der Waals surface area contributed by atoms with Crippen LogP contribution in [0, 0.1) is 6.92 Å². The molecule has 0 aromatic heterocycles. The van der Waals surface area contributed by atoms with Crippen LogP contribution in [0.15, 0.2) is 22.7 Å². The smallest absolute Gasteiger partial charge is 0.124 e. The van der Waals surface area contributed by atoms with Gasteiger partial charge in [0.1, 0.15) is 11.9 Å². The molecule has 1 aliphatic carbocycles. The summed E-state index contributed by atoms with van der Waals surface area (Å²) < 4.78 is 6.92. The summed E-state index contributed by atoms with van der Waals surface area (Å²) in [5, 5.41) is 9.82. The Morgan fingerprint density at radius 2 is 2.06 bits per heavy atom. The SMILES string of the molecule is Cc1cc(OC2CCCCC2O)ccc1Br. The van der Waals surface area contributed by atoms with E-state index in [4.69, 9.17) is 4.74 Å². The Kier molecular flexibility index (Phi) is 3.87. The Morgan fingerprint density at radius 1 is 1.31 bits per heavy atom. The Morgan fingerprint density at radius 3 is 2.75 bits per heavy atom. The zero-order chi connectivity index (χ0) is 11.5. The minimum Gasteiger partial charge on any atom is -0.488 e. The lowest BCUT2D eigenvalue weighted by molar-refractivity contribution is 0.00684. The maximum atomic E-state index is 9.82. The third-order valence-corrected chi connectivity index (χ3v) is 3.97. The first-order valence-corrected chi connectivity index (χ1v) is 6.57. The summed E-state index contributed by atoms with van der Waals surface area (Å²) in [7, 11) is 0. The Balaban J connectivity index is 2.05. The molecule has 0 heterocycles. The van der Waals surface area contributed by atoms with Crippen molar-refractivity contribution in [1.29, 1.82) is 0 Å². The summed E-state index contributed by atoms with van der Waals surface area (Å²) >= 11 is 3.46. The summed E-state index contributed by atoms with van der Waals surface area (Å²) in [6.07, 6.45) is 3.74. The van der Waals surface area contributed by atoms with Gasteiger partial charge in [-0.15, -0.1) is 0 Å². The van der Waals surface area contributed by atoms with Crippen molar-refractivity contribution in [1.82, 2.24) is 0 Å². The van der Waals surface area contributed by atoms with Crippen LogP contribution in [0.3, 0.4) is 0 Å². The van der Waals surface area contributed by atoms with E-state index >= 15 is 0 Å². The standard InChI is InChI=1S/C13H17BrO2/c1-9-8-10(6-7-11(9)14)16-13-5-3-2-4-12(13)15/h6-8,12-13,15H,2-5H2,1H3. The van der Waals surface area contributed by atoms with Gasteiger partial charge in [0.05, 0.1) is 6.10 Å². The van der Waals surface area contributed by atoms with E-state index in [1.54, 1.807) is 0 Å². The topological polar surface area (TPSA) is 29.5 Å². The van der Waals surface area contributed by atoms with E-state index in [1.807, 2.05) is 25.1 Å². The van der Waals surface area contributed by atoms with Crippen molar-refractivity contribution in [2.75, 3.05) is 0 Å². The lowest BCUT2D eigenvalue weighted by Gasteiger charge is -2.28. The van der Waals surface area contributed by atoms with Crippen LogP contribution in [0.5, 0.6) is 5.75 Å². The molecule has 1 aromatic rings. The lowest BCUT2D eigenvalue weighted by atomic mass is 9.95. The first kappa shape index (κ1) is 11.9. The fraction of sp³-hybridized carbons (Fsp3) is 0.538. The van der Waals surface area contributed by atoms with E-state index in [1.165, 1.54) is 0 Å². The molecule has 0 aliphatic heterocycles. The molecule has 1 saturated carbocycles. The number of aliphatic hydroxyl groups is 1. The summed E-state index contributed by atoms with van der Waals surface area (Å²) in [5.74, 6) is 0.853. The molecule has 1 aromatic carbocycles. The summed E-state index contributed by atoms with van der Waals surface area (Å²) in [6.45, 7) is 2.04. The van der Waals surface area contributed by atoms with Crippen molar-refractivity contribution >= 4 is 15.9 Å². The number of hydrogen-bond acceptors (Lipinski definition) is 2. The Hall–Kier alpha value is -0.540. The van der Waals surface area contributed by atoms with Gasteiger partial charge in [-0.05, 0) is 49.9 Å². The van der Waals surface area contributed by atoms with Gasteiger partial charge in [-0.25, -0.2) is 0 Å². The largest absolute Gasteiger partial charge is 0.488 e. The maximum absolute atomic E-state index is 9.82. The van der Waals surface area contributed by atoms with Crippen LogP contribution in [0.25, 0.3) is 0 Å². The van der Waals surface area contributed by atoms with Gasteiger partial charge in [-0.2, -0.15) is 0 Å². The highest BCUT2D eigenvalue weighted by Crippen LogP contribution is 2.26. The first-order valence-electron chi connectivity index (χ1n) is 5.77. The first-order chi connectivity index (χ1) is 7.66. The zero-order valence-electron chi connectivity index (χ0n) is 9.45. The molecular formula is C13H17BrO2. The van der Waals surface area contributed by atoms with E-state index in [0.717, 1.165) is 41.5 Å². The van der Waals surface area contributed by atoms with Gasteiger partial charge in [0.2, 0.25) is 0 Å². The fourth-order valence-electron chi connectivity index (χ4n) is 2.08. The average molecular weight is 285 g/mol. The predicted octanol–water partition coefficient (Wildman–Crippen LogP) is 3.44. The molecule has 0 spiro atoms. The van der Waals surface area contributed by atoms with E-state index in [2.05, 4.69) is 15.9 Å². The molecule has 2 rings (SSSR count). The summed E-state index contributed by atoms with van der Waals surface area (Å²) in [5.41, 5.74) is 1.16.